The van der Waals surface area contributed by atoms with Crippen molar-refractivity contribution in [1.82, 2.24) is 0 Å². The molecule has 1 aromatic heterocycles. The van der Waals surface area contributed by atoms with E-state index >= 15 is 0 Å². The first-order valence-corrected chi connectivity index (χ1v) is 29.6. The maximum atomic E-state index is 7.10. The second-order valence-electron chi connectivity index (χ2n) is 27.0. The van der Waals surface area contributed by atoms with Gasteiger partial charge in [0, 0.05) is 57.1 Å². The van der Waals surface area contributed by atoms with Crippen molar-refractivity contribution < 1.29 is 4.42 Å². The summed E-state index contributed by atoms with van der Waals surface area (Å²) >= 11 is 0. The summed E-state index contributed by atoms with van der Waals surface area (Å²) in [5.74, 6) is 0. The van der Waals surface area contributed by atoms with E-state index in [1.54, 1.807) is 0 Å². The molecule has 4 nitrogen and oxygen atoms in total. The van der Waals surface area contributed by atoms with Crippen molar-refractivity contribution in [2.75, 3.05) is 21.2 Å². The van der Waals surface area contributed by atoms with Crippen LogP contribution in [0, 0.1) is 0 Å². The number of benzene rings is 8. The van der Waals surface area contributed by atoms with Gasteiger partial charge in [0.25, 0.3) is 6.71 Å². The van der Waals surface area contributed by atoms with E-state index in [9.17, 15) is 0 Å². The van der Waals surface area contributed by atoms with E-state index in [1.807, 2.05) is 0 Å². The SMILES string of the molecule is CCN1c2cc(-c3ccccc3)cc3c2B(c2ccc(N(c4ccc5c(c4)C(C)(C)CCC5(C)C)c4ccc5c(c4)C(C)(C)CCC5(C)C)cc2N3c2cccc3c2oc2ccccc23)c2cccc(C3(C)CCCCC3)c21. The summed E-state index contributed by atoms with van der Waals surface area (Å²) in [4.78, 5) is 7.91. The van der Waals surface area contributed by atoms with Crippen molar-refractivity contribution in [2.24, 2.45) is 0 Å². The number of hydrogen-bond acceptors (Lipinski definition) is 4. The first kappa shape index (κ1) is 49.3. The molecule has 2 aliphatic heterocycles. The Labute approximate surface area is 464 Å². The maximum Gasteiger partial charge on any atom is 0.252 e. The third-order valence-electron chi connectivity index (χ3n) is 20.3. The van der Waals surface area contributed by atoms with Crippen LogP contribution in [-0.2, 0) is 27.1 Å². The van der Waals surface area contributed by atoms with Gasteiger partial charge < -0.3 is 19.1 Å². The minimum atomic E-state index is -0.00746. The number of para-hydroxylation sites is 3. The van der Waals surface area contributed by atoms with E-state index in [4.69, 9.17) is 4.42 Å². The predicted octanol–water partition coefficient (Wildman–Crippen LogP) is 18.4. The summed E-state index contributed by atoms with van der Waals surface area (Å²) < 4.78 is 7.10. The molecule has 14 rings (SSSR count). The van der Waals surface area contributed by atoms with Crippen LogP contribution in [0.15, 0.2) is 162 Å². The van der Waals surface area contributed by atoms with Crippen LogP contribution in [0.5, 0.6) is 0 Å². The van der Waals surface area contributed by atoms with Crippen molar-refractivity contribution in [3.63, 3.8) is 0 Å². The summed E-state index contributed by atoms with van der Waals surface area (Å²) in [5.41, 5.74) is 25.8. The van der Waals surface area contributed by atoms with Crippen LogP contribution in [-0.4, -0.2) is 13.3 Å². The molecule has 0 radical (unpaired) electrons. The molecular weight excluding hydrogens is 946 g/mol. The average molecular weight is 1020 g/mol. The normalized spacial score (nSPS) is 18.9. The lowest BCUT2D eigenvalue weighted by Gasteiger charge is -2.47. The molecule has 8 aromatic carbocycles. The third kappa shape index (κ3) is 7.45. The molecule has 0 unspecified atom stereocenters. The minimum Gasteiger partial charge on any atom is -0.454 e. The Balaban J connectivity index is 1.08. The summed E-state index contributed by atoms with van der Waals surface area (Å²) in [7, 11) is 0. The molecule has 5 aliphatic rings. The lowest BCUT2D eigenvalue weighted by Crippen LogP contribution is -2.62. The van der Waals surface area contributed by atoms with Crippen molar-refractivity contribution in [3.05, 3.63) is 186 Å². The van der Waals surface area contributed by atoms with Crippen LogP contribution in [0.1, 0.15) is 155 Å². The van der Waals surface area contributed by atoms with Crippen LogP contribution >= 0.6 is 0 Å². The molecule has 5 heteroatoms. The molecule has 392 valence electrons. The zero-order chi connectivity index (χ0) is 53.7. The monoisotopic (exact) mass is 1020 g/mol. The lowest BCUT2D eigenvalue weighted by molar-refractivity contribution is 0.320. The van der Waals surface area contributed by atoms with Crippen LogP contribution in [0.4, 0.5) is 45.5 Å². The van der Waals surface area contributed by atoms with Crippen molar-refractivity contribution in [2.45, 2.75) is 154 Å². The third-order valence-corrected chi connectivity index (χ3v) is 20.3. The van der Waals surface area contributed by atoms with E-state index in [0.29, 0.717) is 0 Å². The Morgan fingerprint density at radius 3 is 1.69 bits per heavy atom. The van der Waals surface area contributed by atoms with Gasteiger partial charge in [-0.15, -0.1) is 0 Å². The molecule has 0 spiro atoms. The Kier molecular flexibility index (Phi) is 11.1. The van der Waals surface area contributed by atoms with Gasteiger partial charge in [-0.1, -0.05) is 179 Å². The number of nitrogens with zero attached hydrogens (tertiary/aromatic N) is 3. The largest absolute Gasteiger partial charge is 0.454 e. The van der Waals surface area contributed by atoms with Gasteiger partial charge >= 0.3 is 0 Å². The Bertz CT molecular complexity index is 3810. The topological polar surface area (TPSA) is 22.9 Å². The zero-order valence-electron chi connectivity index (χ0n) is 47.9. The fourth-order valence-corrected chi connectivity index (χ4v) is 15.5. The van der Waals surface area contributed by atoms with Gasteiger partial charge in [0.05, 0.1) is 5.69 Å². The lowest BCUT2D eigenvalue weighted by atomic mass is 9.33. The Morgan fingerprint density at radius 1 is 0.449 bits per heavy atom. The molecule has 0 bridgehead atoms. The van der Waals surface area contributed by atoms with E-state index in [0.717, 1.165) is 52.7 Å². The number of furan rings is 1. The van der Waals surface area contributed by atoms with Gasteiger partial charge in [0.1, 0.15) is 5.58 Å². The van der Waals surface area contributed by atoms with Crippen molar-refractivity contribution in [1.29, 1.82) is 0 Å². The van der Waals surface area contributed by atoms with Gasteiger partial charge in [0.2, 0.25) is 0 Å². The fraction of sp³-hybridized carbons (Fsp3) is 0.342. The molecule has 0 saturated heterocycles. The fourth-order valence-electron chi connectivity index (χ4n) is 15.5. The van der Waals surface area contributed by atoms with E-state index in [-0.39, 0.29) is 33.8 Å². The Hall–Kier alpha value is -6.98. The van der Waals surface area contributed by atoms with Crippen molar-refractivity contribution in [3.8, 4) is 11.1 Å². The highest BCUT2D eigenvalue weighted by Gasteiger charge is 2.47. The minimum absolute atomic E-state index is 0.00746. The van der Waals surface area contributed by atoms with Gasteiger partial charge in [-0.2, -0.15) is 0 Å². The molecule has 0 amide bonds. The molecule has 1 fully saturated rings. The quantitative estimate of drug-likeness (QED) is 0.148. The van der Waals surface area contributed by atoms with E-state index in [1.165, 1.54) is 134 Å². The van der Waals surface area contributed by atoms with Crippen LogP contribution in [0.2, 0.25) is 0 Å². The summed E-state index contributed by atoms with van der Waals surface area (Å²) in [6.07, 6.45) is 11.0. The maximum absolute atomic E-state index is 7.10. The van der Waals surface area contributed by atoms with Crippen LogP contribution in [0.3, 0.4) is 0 Å². The first-order chi connectivity index (χ1) is 37.5. The molecule has 3 aliphatic carbocycles. The first-order valence-electron chi connectivity index (χ1n) is 29.6. The summed E-state index contributed by atoms with van der Waals surface area (Å²) in [5, 5.41) is 2.26. The zero-order valence-corrected chi connectivity index (χ0v) is 47.9. The number of rotatable bonds is 7. The summed E-state index contributed by atoms with van der Waals surface area (Å²) in [6, 6.07) is 61.3. The molecule has 0 N–H and O–H groups in total. The number of fused-ring (bicyclic) bond motifs is 9. The molecule has 1 saturated carbocycles. The van der Waals surface area contributed by atoms with E-state index < -0.39 is 0 Å². The predicted molar refractivity (Wildman–Crippen MR) is 333 cm³/mol. The highest BCUT2D eigenvalue weighted by molar-refractivity contribution is 7.00. The van der Waals surface area contributed by atoms with E-state index in [2.05, 4.69) is 242 Å². The van der Waals surface area contributed by atoms with Crippen molar-refractivity contribution >= 4 is 90.5 Å². The van der Waals surface area contributed by atoms with Gasteiger partial charge in [-0.05, 0) is 189 Å². The molecule has 3 heterocycles. The smallest absolute Gasteiger partial charge is 0.252 e. The summed E-state index contributed by atoms with van der Waals surface area (Å²) in [6.45, 7) is 25.4. The molecule has 0 atom stereocenters. The standard InChI is InChI=1S/C73H76BN3O/c1-11-75-63-42-48(47-22-14-12-15-23-47)43-64-66(63)74(60-27-21-26-56(67(60)75)73(10)36-18-13-19-37-73)59-35-32-51(46-62(59)77(64)61-28-20-25-53-52-24-16-17-29-65(52)78-68(53)61)76(49-30-33-54-57(44-49)71(6,7)40-38-69(54,2)3)50-31-34-55-58(45-50)72(8,9)41-39-70(55,4)5/h12,14-17,20-35,42-46H,11,13,18-19,36-41H2,1-10H3. The van der Waals surface area contributed by atoms with Gasteiger partial charge in [0.15, 0.2) is 5.58 Å². The van der Waals surface area contributed by atoms with Gasteiger partial charge in [-0.3, -0.25) is 0 Å². The Morgan fingerprint density at radius 2 is 1.03 bits per heavy atom. The molecule has 9 aromatic rings. The number of anilines is 8. The second kappa shape index (κ2) is 17.5. The van der Waals surface area contributed by atoms with Gasteiger partial charge in [-0.25, -0.2) is 0 Å². The number of hydrogen-bond donors (Lipinski definition) is 0. The average Bonchev–Trinajstić information content (AvgIpc) is 3.95. The van der Waals surface area contributed by atoms with Crippen LogP contribution in [0.25, 0.3) is 33.1 Å². The highest BCUT2D eigenvalue weighted by atomic mass is 16.3. The molecular formula is C73H76BN3O. The second-order valence-corrected chi connectivity index (χ2v) is 27.0. The highest BCUT2D eigenvalue weighted by Crippen LogP contribution is 2.54. The molecule has 78 heavy (non-hydrogen) atoms. The van der Waals surface area contributed by atoms with Crippen LogP contribution < -0.4 is 31.1 Å².